The molecular weight excluding hydrogens is 590 g/mol. The van der Waals surface area contributed by atoms with Gasteiger partial charge in [-0.1, -0.05) is 76.7 Å². The second-order valence-corrected chi connectivity index (χ2v) is 9.93. The highest BCUT2D eigenvalue weighted by Crippen LogP contribution is 2.31. The molecule has 2 amide bonds. The molecule has 0 aliphatic rings. The quantitative estimate of drug-likeness (QED) is 0.154. The lowest BCUT2D eigenvalue weighted by Crippen LogP contribution is -2.10. The standard InChI is InChI=1S/C30H20Cl4N4O2/c31-21-10-6-19(25(33)16-21)8-14-29(39)35-24-12-13-27(38-37-23-4-2-1-3-5-23)28(18-24)36-30(40)15-9-20-7-11-22(32)17-26(20)34/h1-18H,(H,35,39)(H,36,40)/b14-8+,15-9+,38-37?. The van der Waals surface area contributed by atoms with Crippen molar-refractivity contribution in [2.75, 3.05) is 10.6 Å². The molecule has 0 unspecified atom stereocenters. The molecule has 0 bridgehead atoms. The average Bonchev–Trinajstić information content (AvgIpc) is 2.92. The number of halogens is 4. The van der Waals surface area contributed by atoms with Gasteiger partial charge in [0.2, 0.25) is 11.8 Å². The van der Waals surface area contributed by atoms with E-state index in [-0.39, 0.29) is 0 Å². The second kappa shape index (κ2) is 13.9. The SMILES string of the molecule is O=C(/C=C/c1ccc(Cl)cc1Cl)Nc1ccc(N=Nc2ccccc2)c(NC(=O)/C=C/c2ccc(Cl)cc2Cl)c1. The fourth-order valence-corrected chi connectivity index (χ4v) is 4.31. The van der Waals surface area contributed by atoms with Crippen molar-refractivity contribution in [3.63, 3.8) is 0 Å². The van der Waals surface area contributed by atoms with Crippen LogP contribution in [0.4, 0.5) is 22.7 Å². The van der Waals surface area contributed by atoms with Crippen molar-refractivity contribution >= 4 is 93.1 Å². The van der Waals surface area contributed by atoms with E-state index in [1.54, 1.807) is 78.9 Å². The first kappa shape index (κ1) is 29.1. The summed E-state index contributed by atoms with van der Waals surface area (Å²) in [6.07, 6.45) is 5.81. The Bertz CT molecular complexity index is 1640. The first-order valence-corrected chi connectivity index (χ1v) is 13.3. The number of amides is 2. The molecule has 0 radical (unpaired) electrons. The maximum atomic E-state index is 12.8. The molecule has 0 saturated carbocycles. The minimum Gasteiger partial charge on any atom is -0.322 e. The second-order valence-electron chi connectivity index (χ2n) is 8.24. The van der Waals surface area contributed by atoms with Crippen LogP contribution in [0.5, 0.6) is 0 Å². The van der Waals surface area contributed by atoms with E-state index in [9.17, 15) is 9.59 Å². The summed E-state index contributed by atoms with van der Waals surface area (Å²) < 4.78 is 0. The Labute approximate surface area is 250 Å². The Kier molecular flexibility index (Phi) is 10.1. The smallest absolute Gasteiger partial charge is 0.248 e. The van der Waals surface area contributed by atoms with Crippen molar-refractivity contribution in [1.29, 1.82) is 0 Å². The molecule has 0 atom stereocenters. The van der Waals surface area contributed by atoms with E-state index in [1.807, 2.05) is 18.2 Å². The third-order valence-corrected chi connectivity index (χ3v) is 6.43. The van der Waals surface area contributed by atoms with Gasteiger partial charge in [-0.15, -0.1) is 5.11 Å². The highest BCUT2D eigenvalue weighted by molar-refractivity contribution is 6.36. The fraction of sp³-hybridized carbons (Fsp3) is 0. The fourth-order valence-electron chi connectivity index (χ4n) is 3.37. The molecule has 2 N–H and O–H groups in total. The van der Waals surface area contributed by atoms with Crippen LogP contribution in [-0.4, -0.2) is 11.8 Å². The number of hydrogen-bond acceptors (Lipinski definition) is 4. The molecule has 4 rings (SSSR count). The molecule has 0 aliphatic heterocycles. The molecule has 0 spiro atoms. The molecule has 0 heterocycles. The van der Waals surface area contributed by atoms with Crippen LogP contribution in [0.15, 0.2) is 107 Å². The summed E-state index contributed by atoms with van der Waals surface area (Å²) in [6.45, 7) is 0. The molecule has 10 heteroatoms. The molecule has 0 saturated heterocycles. The predicted octanol–water partition coefficient (Wildman–Crippen LogP) is 10.0. The average molecular weight is 610 g/mol. The molecule has 0 aliphatic carbocycles. The van der Waals surface area contributed by atoms with Crippen LogP contribution < -0.4 is 10.6 Å². The van der Waals surface area contributed by atoms with Crippen LogP contribution >= 0.6 is 46.4 Å². The number of benzene rings is 4. The van der Waals surface area contributed by atoms with Crippen molar-refractivity contribution in [3.8, 4) is 0 Å². The van der Waals surface area contributed by atoms with E-state index in [4.69, 9.17) is 46.4 Å². The molecule has 0 aromatic heterocycles. The molecule has 40 heavy (non-hydrogen) atoms. The van der Waals surface area contributed by atoms with Gasteiger partial charge in [0, 0.05) is 37.9 Å². The van der Waals surface area contributed by atoms with Crippen molar-refractivity contribution in [1.82, 2.24) is 0 Å². The third-order valence-electron chi connectivity index (χ3n) is 5.30. The van der Waals surface area contributed by atoms with E-state index in [0.29, 0.717) is 54.0 Å². The van der Waals surface area contributed by atoms with Gasteiger partial charge >= 0.3 is 0 Å². The lowest BCUT2D eigenvalue weighted by molar-refractivity contribution is -0.112. The monoisotopic (exact) mass is 608 g/mol. The van der Waals surface area contributed by atoms with E-state index in [0.717, 1.165) is 0 Å². The lowest BCUT2D eigenvalue weighted by Gasteiger charge is -2.10. The minimum atomic E-state index is -0.442. The Morgan fingerprint density at radius 1 is 0.625 bits per heavy atom. The van der Waals surface area contributed by atoms with Crippen molar-refractivity contribution in [3.05, 3.63) is 128 Å². The first-order valence-electron chi connectivity index (χ1n) is 11.8. The highest BCUT2D eigenvalue weighted by atomic mass is 35.5. The Hall–Kier alpha value is -3.94. The summed E-state index contributed by atoms with van der Waals surface area (Å²) in [7, 11) is 0. The Balaban J connectivity index is 1.54. The van der Waals surface area contributed by atoms with Gasteiger partial charge in [0.15, 0.2) is 0 Å². The van der Waals surface area contributed by atoms with E-state index < -0.39 is 11.8 Å². The van der Waals surface area contributed by atoms with Gasteiger partial charge in [0.25, 0.3) is 0 Å². The van der Waals surface area contributed by atoms with Crippen LogP contribution in [0.1, 0.15) is 11.1 Å². The van der Waals surface area contributed by atoms with Gasteiger partial charge in [0.05, 0.1) is 11.4 Å². The minimum absolute atomic E-state index is 0.332. The number of carbonyl (C=O) groups is 2. The van der Waals surface area contributed by atoms with Crippen LogP contribution in [0.2, 0.25) is 20.1 Å². The van der Waals surface area contributed by atoms with Gasteiger partial charge in [-0.3, -0.25) is 9.59 Å². The van der Waals surface area contributed by atoms with Crippen molar-refractivity contribution in [2.45, 2.75) is 0 Å². The van der Waals surface area contributed by atoms with Gasteiger partial charge in [-0.05, 0) is 77.9 Å². The Morgan fingerprint density at radius 3 is 1.77 bits per heavy atom. The van der Waals surface area contributed by atoms with Gasteiger partial charge in [0.1, 0.15) is 5.69 Å². The topological polar surface area (TPSA) is 82.9 Å². The normalized spacial score (nSPS) is 11.4. The summed E-state index contributed by atoms with van der Waals surface area (Å²) in [5.41, 5.74) is 3.05. The zero-order valence-electron chi connectivity index (χ0n) is 20.6. The predicted molar refractivity (Wildman–Crippen MR) is 165 cm³/mol. The van der Waals surface area contributed by atoms with E-state index in [1.165, 1.54) is 12.2 Å². The molecule has 4 aromatic rings. The van der Waals surface area contributed by atoms with E-state index in [2.05, 4.69) is 20.9 Å². The first-order chi connectivity index (χ1) is 19.3. The van der Waals surface area contributed by atoms with Crippen LogP contribution in [0.3, 0.4) is 0 Å². The zero-order valence-corrected chi connectivity index (χ0v) is 23.6. The molecule has 6 nitrogen and oxygen atoms in total. The maximum Gasteiger partial charge on any atom is 0.248 e. The summed E-state index contributed by atoms with van der Waals surface area (Å²) in [6, 6.07) is 24.0. The number of nitrogens with zero attached hydrogens (tertiary/aromatic N) is 2. The van der Waals surface area contributed by atoms with Gasteiger partial charge < -0.3 is 10.6 Å². The van der Waals surface area contributed by atoms with Crippen LogP contribution in [-0.2, 0) is 9.59 Å². The zero-order chi connectivity index (χ0) is 28.5. The highest BCUT2D eigenvalue weighted by Gasteiger charge is 2.09. The van der Waals surface area contributed by atoms with Gasteiger partial charge in [-0.25, -0.2) is 0 Å². The summed E-state index contributed by atoms with van der Waals surface area (Å²) in [5, 5.41) is 15.9. The number of rotatable bonds is 8. The molecular formula is C30H20Cl4N4O2. The van der Waals surface area contributed by atoms with Gasteiger partial charge in [-0.2, -0.15) is 5.11 Å². The Morgan fingerprint density at radius 2 is 1.20 bits per heavy atom. The third kappa shape index (κ3) is 8.53. The number of anilines is 2. The lowest BCUT2D eigenvalue weighted by atomic mass is 10.2. The van der Waals surface area contributed by atoms with Crippen LogP contribution in [0.25, 0.3) is 12.2 Å². The number of azo groups is 1. The number of nitrogens with one attached hydrogen (secondary N) is 2. The molecule has 4 aromatic carbocycles. The number of hydrogen-bond donors (Lipinski definition) is 2. The van der Waals surface area contributed by atoms with Crippen molar-refractivity contribution < 1.29 is 9.59 Å². The molecule has 200 valence electrons. The van der Waals surface area contributed by atoms with Crippen LogP contribution in [0, 0.1) is 0 Å². The number of carbonyl (C=O) groups excluding carboxylic acids is 2. The summed E-state index contributed by atoms with van der Waals surface area (Å²) in [4.78, 5) is 25.4. The molecule has 0 fully saturated rings. The summed E-state index contributed by atoms with van der Waals surface area (Å²) in [5.74, 6) is -0.845. The summed E-state index contributed by atoms with van der Waals surface area (Å²) >= 11 is 24.2. The van der Waals surface area contributed by atoms with E-state index >= 15 is 0 Å². The largest absolute Gasteiger partial charge is 0.322 e. The maximum absolute atomic E-state index is 12.8. The van der Waals surface area contributed by atoms with Crippen molar-refractivity contribution in [2.24, 2.45) is 10.2 Å².